The van der Waals surface area contributed by atoms with E-state index in [0.717, 1.165) is 43.2 Å². The van der Waals surface area contributed by atoms with Gasteiger partial charge in [0.2, 0.25) is 5.91 Å². The summed E-state index contributed by atoms with van der Waals surface area (Å²) in [7, 11) is 0. The van der Waals surface area contributed by atoms with E-state index in [1.807, 2.05) is 0 Å². The number of rotatable bonds is 3. The highest BCUT2D eigenvalue weighted by Gasteiger charge is 2.35. The molecule has 3 rings (SSSR count). The summed E-state index contributed by atoms with van der Waals surface area (Å²) in [5.41, 5.74) is 2.29. The van der Waals surface area contributed by atoms with Crippen molar-refractivity contribution < 1.29 is 4.79 Å². The smallest absolute Gasteiger partial charge is 0.247 e. The molecule has 1 aliphatic heterocycles. The Morgan fingerprint density at radius 1 is 1.33 bits per heavy atom. The third kappa shape index (κ3) is 2.43. The van der Waals surface area contributed by atoms with Gasteiger partial charge < -0.3 is 5.32 Å². The van der Waals surface area contributed by atoms with Crippen LogP contribution in [-0.2, 0) is 4.79 Å². The van der Waals surface area contributed by atoms with E-state index in [0.29, 0.717) is 5.92 Å². The van der Waals surface area contributed by atoms with Crippen molar-refractivity contribution in [1.82, 2.24) is 5.32 Å². The van der Waals surface area contributed by atoms with Crippen LogP contribution in [0.4, 0.5) is 0 Å². The van der Waals surface area contributed by atoms with Crippen LogP contribution in [0, 0.1) is 17.8 Å². The summed E-state index contributed by atoms with van der Waals surface area (Å²) in [6.07, 6.45) is 13.4. The molecule has 0 radical (unpaired) electrons. The highest BCUT2D eigenvalue weighted by molar-refractivity contribution is 5.94. The molecule has 3 unspecified atom stereocenters. The van der Waals surface area contributed by atoms with Gasteiger partial charge in [-0.1, -0.05) is 31.2 Å². The first-order chi connectivity index (χ1) is 8.76. The zero-order chi connectivity index (χ0) is 12.5. The van der Waals surface area contributed by atoms with Crippen molar-refractivity contribution in [2.45, 2.75) is 32.6 Å². The molecule has 18 heavy (non-hydrogen) atoms. The average molecular weight is 243 g/mol. The zero-order valence-corrected chi connectivity index (χ0v) is 11.0. The van der Waals surface area contributed by atoms with E-state index in [2.05, 4.69) is 36.5 Å². The number of carbonyl (C=O) groups excluding carboxylic acids is 1. The first kappa shape index (κ1) is 11.8. The first-order valence-corrected chi connectivity index (χ1v) is 7.14. The van der Waals surface area contributed by atoms with Crippen LogP contribution < -0.4 is 5.32 Å². The standard InChI is InChI=1S/C16H21NO/c1-2-11-5-6-17-16(18)15(7-11)9-12-3-4-13-10-14(13)8-12/h3-4,7-8,11,13-14H,2,5-6,9-10H2,1H3,(H,17,18). The van der Waals surface area contributed by atoms with E-state index in [1.165, 1.54) is 12.0 Å². The second kappa shape index (κ2) is 4.75. The molecule has 0 aromatic rings. The lowest BCUT2D eigenvalue weighted by atomic mass is 9.95. The van der Waals surface area contributed by atoms with Crippen molar-refractivity contribution in [2.75, 3.05) is 6.54 Å². The summed E-state index contributed by atoms with van der Waals surface area (Å²) in [6, 6.07) is 0. The molecule has 2 aliphatic carbocycles. The van der Waals surface area contributed by atoms with Crippen LogP contribution in [0.15, 0.2) is 35.5 Å². The van der Waals surface area contributed by atoms with Crippen molar-refractivity contribution in [1.29, 1.82) is 0 Å². The lowest BCUT2D eigenvalue weighted by molar-refractivity contribution is -0.117. The van der Waals surface area contributed by atoms with Gasteiger partial charge in [-0.15, -0.1) is 0 Å². The molecule has 0 spiro atoms. The molecule has 1 amide bonds. The molecule has 0 aromatic heterocycles. The van der Waals surface area contributed by atoms with Crippen molar-refractivity contribution in [3.8, 4) is 0 Å². The molecule has 3 aliphatic rings. The van der Waals surface area contributed by atoms with E-state index < -0.39 is 0 Å². The molecule has 0 saturated heterocycles. The quantitative estimate of drug-likeness (QED) is 0.811. The molecule has 2 nitrogen and oxygen atoms in total. The van der Waals surface area contributed by atoms with Crippen LogP contribution in [0.5, 0.6) is 0 Å². The van der Waals surface area contributed by atoms with Gasteiger partial charge in [0.15, 0.2) is 0 Å². The van der Waals surface area contributed by atoms with Gasteiger partial charge in [0.1, 0.15) is 0 Å². The number of fused-ring (bicyclic) bond motifs is 1. The number of amides is 1. The van der Waals surface area contributed by atoms with Gasteiger partial charge in [-0.25, -0.2) is 0 Å². The largest absolute Gasteiger partial charge is 0.352 e. The van der Waals surface area contributed by atoms with Gasteiger partial charge in [-0.2, -0.15) is 0 Å². The van der Waals surface area contributed by atoms with Gasteiger partial charge in [0.25, 0.3) is 0 Å². The fourth-order valence-corrected chi connectivity index (χ4v) is 2.95. The Balaban J connectivity index is 1.74. The molecular formula is C16H21NO. The van der Waals surface area contributed by atoms with Crippen LogP contribution in [0.2, 0.25) is 0 Å². The molecule has 1 N–H and O–H groups in total. The Morgan fingerprint density at radius 2 is 2.22 bits per heavy atom. The van der Waals surface area contributed by atoms with Gasteiger partial charge in [-0.05, 0) is 42.6 Å². The Kier molecular flexibility index (Phi) is 3.11. The van der Waals surface area contributed by atoms with Gasteiger partial charge in [0, 0.05) is 18.5 Å². The van der Waals surface area contributed by atoms with Crippen LogP contribution in [0.3, 0.4) is 0 Å². The first-order valence-electron chi connectivity index (χ1n) is 7.14. The topological polar surface area (TPSA) is 29.1 Å². The predicted octanol–water partition coefficient (Wildman–Crippen LogP) is 2.98. The Hall–Kier alpha value is -1.31. The van der Waals surface area contributed by atoms with Crippen LogP contribution >= 0.6 is 0 Å². The zero-order valence-electron chi connectivity index (χ0n) is 11.0. The highest BCUT2D eigenvalue weighted by Crippen LogP contribution is 2.45. The molecule has 3 atom stereocenters. The van der Waals surface area contributed by atoms with Crippen molar-refractivity contribution in [3.63, 3.8) is 0 Å². The average Bonchev–Trinajstić information content (AvgIpc) is 3.15. The van der Waals surface area contributed by atoms with Crippen molar-refractivity contribution in [2.24, 2.45) is 17.8 Å². The maximum atomic E-state index is 12.0. The summed E-state index contributed by atoms with van der Waals surface area (Å²) >= 11 is 0. The molecule has 0 bridgehead atoms. The molecular weight excluding hydrogens is 222 g/mol. The van der Waals surface area contributed by atoms with Crippen LogP contribution in [0.25, 0.3) is 0 Å². The molecule has 0 aromatic carbocycles. The minimum Gasteiger partial charge on any atom is -0.352 e. The van der Waals surface area contributed by atoms with Crippen LogP contribution in [-0.4, -0.2) is 12.5 Å². The van der Waals surface area contributed by atoms with E-state index in [-0.39, 0.29) is 5.91 Å². The molecule has 1 saturated carbocycles. The van der Waals surface area contributed by atoms with Gasteiger partial charge >= 0.3 is 0 Å². The highest BCUT2D eigenvalue weighted by atomic mass is 16.1. The Labute approximate surface area is 109 Å². The molecule has 2 heteroatoms. The maximum Gasteiger partial charge on any atom is 0.247 e. The van der Waals surface area contributed by atoms with Crippen LogP contribution in [0.1, 0.15) is 32.6 Å². The summed E-state index contributed by atoms with van der Waals surface area (Å²) in [5, 5.41) is 3.01. The van der Waals surface area contributed by atoms with Crippen molar-refractivity contribution >= 4 is 5.91 Å². The Bertz CT molecular complexity index is 444. The second-order valence-electron chi connectivity index (χ2n) is 5.75. The van der Waals surface area contributed by atoms with Gasteiger partial charge in [-0.3, -0.25) is 4.79 Å². The fraction of sp³-hybridized carbons (Fsp3) is 0.562. The minimum absolute atomic E-state index is 0.137. The van der Waals surface area contributed by atoms with E-state index >= 15 is 0 Å². The van der Waals surface area contributed by atoms with E-state index in [9.17, 15) is 4.79 Å². The maximum absolute atomic E-state index is 12.0. The number of carbonyl (C=O) groups is 1. The number of hydrogen-bond donors (Lipinski definition) is 1. The monoisotopic (exact) mass is 243 g/mol. The molecule has 1 fully saturated rings. The number of allylic oxidation sites excluding steroid dienone is 5. The summed E-state index contributed by atoms with van der Waals surface area (Å²) in [4.78, 5) is 12.0. The lowest BCUT2D eigenvalue weighted by Gasteiger charge is -2.10. The summed E-state index contributed by atoms with van der Waals surface area (Å²) in [5.74, 6) is 2.26. The van der Waals surface area contributed by atoms with E-state index in [4.69, 9.17) is 0 Å². The third-order valence-corrected chi connectivity index (χ3v) is 4.32. The third-order valence-electron chi connectivity index (χ3n) is 4.32. The van der Waals surface area contributed by atoms with Crippen molar-refractivity contribution in [3.05, 3.63) is 35.5 Å². The fourth-order valence-electron chi connectivity index (χ4n) is 2.95. The summed E-state index contributed by atoms with van der Waals surface area (Å²) < 4.78 is 0. The molecule has 1 heterocycles. The molecule has 96 valence electrons. The summed E-state index contributed by atoms with van der Waals surface area (Å²) in [6.45, 7) is 3.01. The van der Waals surface area contributed by atoms with Gasteiger partial charge in [0.05, 0.1) is 0 Å². The minimum atomic E-state index is 0.137. The van der Waals surface area contributed by atoms with E-state index in [1.54, 1.807) is 0 Å². The predicted molar refractivity (Wildman–Crippen MR) is 72.9 cm³/mol. The Morgan fingerprint density at radius 3 is 3.00 bits per heavy atom. The number of hydrogen-bond acceptors (Lipinski definition) is 1. The lowest BCUT2D eigenvalue weighted by Crippen LogP contribution is -2.24. The number of nitrogens with one attached hydrogen (secondary N) is 1. The normalized spacial score (nSPS) is 34.1. The second-order valence-corrected chi connectivity index (χ2v) is 5.75. The SMILES string of the molecule is CCC1C=C(CC2=CC3CC3C=C2)C(=O)NCC1.